The molecule has 0 aliphatic carbocycles. The molecule has 1 rings (SSSR count). The smallest absolute Gasteiger partial charge is 0.170 e. The van der Waals surface area contributed by atoms with Crippen LogP contribution in [-0.2, 0) is 11.3 Å². The van der Waals surface area contributed by atoms with E-state index < -0.39 is 0 Å². The summed E-state index contributed by atoms with van der Waals surface area (Å²) in [6, 6.07) is 3.37. The van der Waals surface area contributed by atoms with Crippen LogP contribution in [0.15, 0.2) is 23.5 Å². The van der Waals surface area contributed by atoms with Gasteiger partial charge in [-0.3, -0.25) is 4.98 Å². The first kappa shape index (κ1) is 9.47. The summed E-state index contributed by atoms with van der Waals surface area (Å²) < 4.78 is 4.89. The summed E-state index contributed by atoms with van der Waals surface area (Å²) in [7, 11) is 1.58. The predicted molar refractivity (Wildman–Crippen MR) is 47.5 cm³/mol. The van der Waals surface area contributed by atoms with Crippen LogP contribution in [0.2, 0.25) is 0 Å². The lowest BCUT2D eigenvalue weighted by Gasteiger charge is -2.01. The average Bonchev–Trinajstić information content (AvgIpc) is 2.18. The van der Waals surface area contributed by atoms with E-state index in [0.717, 1.165) is 5.69 Å². The van der Waals surface area contributed by atoms with Gasteiger partial charge < -0.3 is 15.7 Å². The van der Waals surface area contributed by atoms with Crippen LogP contribution in [-0.4, -0.2) is 23.1 Å². The van der Waals surface area contributed by atoms with Gasteiger partial charge >= 0.3 is 0 Å². The molecule has 13 heavy (non-hydrogen) atoms. The normalized spacial score (nSPS) is 11.6. The van der Waals surface area contributed by atoms with E-state index in [-0.39, 0.29) is 5.84 Å². The molecule has 0 aromatic carbocycles. The highest BCUT2D eigenvalue weighted by Gasteiger charge is 2.00. The van der Waals surface area contributed by atoms with Gasteiger partial charge in [0.05, 0.1) is 12.3 Å². The van der Waals surface area contributed by atoms with Crippen LogP contribution in [0, 0.1) is 0 Å². The summed E-state index contributed by atoms with van der Waals surface area (Å²) in [5.74, 6) is 0.0692. The van der Waals surface area contributed by atoms with Gasteiger partial charge in [-0.2, -0.15) is 0 Å². The van der Waals surface area contributed by atoms with Crippen molar-refractivity contribution in [3.8, 4) is 0 Å². The fraction of sp³-hybridized carbons (Fsp3) is 0.250. The summed E-state index contributed by atoms with van der Waals surface area (Å²) >= 11 is 0. The number of hydrogen-bond donors (Lipinski definition) is 2. The third-order valence-electron chi connectivity index (χ3n) is 1.51. The number of amidine groups is 1. The van der Waals surface area contributed by atoms with Crippen molar-refractivity contribution in [3.05, 3.63) is 29.6 Å². The molecule has 0 spiro atoms. The first-order valence-corrected chi connectivity index (χ1v) is 3.69. The molecule has 3 N–H and O–H groups in total. The zero-order chi connectivity index (χ0) is 9.68. The molecule has 1 aromatic heterocycles. The molecule has 0 aliphatic rings. The van der Waals surface area contributed by atoms with Gasteiger partial charge in [0.15, 0.2) is 5.84 Å². The van der Waals surface area contributed by atoms with Gasteiger partial charge in [-0.15, -0.1) is 0 Å². The van der Waals surface area contributed by atoms with Gasteiger partial charge in [-0.05, 0) is 12.1 Å². The van der Waals surface area contributed by atoms with Gasteiger partial charge in [0.2, 0.25) is 0 Å². The first-order chi connectivity index (χ1) is 6.27. The van der Waals surface area contributed by atoms with Crippen molar-refractivity contribution in [3.63, 3.8) is 0 Å². The Hall–Kier alpha value is -1.62. The largest absolute Gasteiger partial charge is 0.409 e. The van der Waals surface area contributed by atoms with Crippen molar-refractivity contribution >= 4 is 5.84 Å². The van der Waals surface area contributed by atoms with Crippen molar-refractivity contribution < 1.29 is 9.94 Å². The molecule has 5 heteroatoms. The topological polar surface area (TPSA) is 80.7 Å². The molecule has 0 saturated carbocycles. The number of ether oxygens (including phenoxy) is 1. The Morgan fingerprint density at radius 3 is 3.15 bits per heavy atom. The summed E-state index contributed by atoms with van der Waals surface area (Å²) in [4.78, 5) is 4.03. The predicted octanol–water partition coefficient (Wildman–Crippen LogP) is 0.323. The lowest BCUT2D eigenvalue weighted by molar-refractivity contribution is 0.181. The molecular weight excluding hydrogens is 170 g/mol. The summed E-state index contributed by atoms with van der Waals surface area (Å²) in [6.07, 6.45) is 1.59. The quantitative estimate of drug-likeness (QED) is 0.304. The second-order valence-corrected chi connectivity index (χ2v) is 2.45. The van der Waals surface area contributed by atoms with Gasteiger partial charge in [-0.1, -0.05) is 5.16 Å². The second kappa shape index (κ2) is 4.42. The number of rotatable bonds is 3. The molecule has 0 amide bonds. The fourth-order valence-electron chi connectivity index (χ4n) is 0.922. The highest BCUT2D eigenvalue weighted by atomic mass is 16.5. The Morgan fingerprint density at radius 2 is 2.54 bits per heavy atom. The maximum Gasteiger partial charge on any atom is 0.170 e. The molecular formula is C8H11N3O2. The number of pyridine rings is 1. The number of aromatic nitrogens is 1. The van der Waals surface area contributed by atoms with Crippen molar-refractivity contribution in [2.75, 3.05) is 7.11 Å². The molecule has 1 aromatic rings. The van der Waals surface area contributed by atoms with E-state index in [1.807, 2.05) is 0 Å². The Morgan fingerprint density at radius 1 is 1.77 bits per heavy atom. The molecule has 0 radical (unpaired) electrons. The Balaban J connectivity index is 2.91. The van der Waals surface area contributed by atoms with Crippen LogP contribution in [0.1, 0.15) is 11.3 Å². The third kappa shape index (κ3) is 2.41. The molecule has 0 saturated heterocycles. The molecule has 0 fully saturated rings. The van der Waals surface area contributed by atoms with Crippen molar-refractivity contribution in [1.29, 1.82) is 0 Å². The van der Waals surface area contributed by atoms with E-state index in [1.54, 1.807) is 25.4 Å². The Kier molecular flexibility index (Phi) is 3.22. The number of nitrogens with zero attached hydrogens (tertiary/aromatic N) is 2. The van der Waals surface area contributed by atoms with E-state index in [2.05, 4.69) is 10.1 Å². The molecule has 5 nitrogen and oxygen atoms in total. The van der Waals surface area contributed by atoms with Gasteiger partial charge in [0.25, 0.3) is 0 Å². The number of nitrogens with two attached hydrogens (primary N) is 1. The lowest BCUT2D eigenvalue weighted by Crippen LogP contribution is -2.13. The lowest BCUT2D eigenvalue weighted by atomic mass is 10.2. The van der Waals surface area contributed by atoms with Crippen LogP contribution in [0.25, 0.3) is 0 Å². The SMILES string of the molecule is COCc1cc(/C(N)=N/O)ccn1. The molecule has 0 bridgehead atoms. The zero-order valence-corrected chi connectivity index (χ0v) is 7.27. The fourth-order valence-corrected chi connectivity index (χ4v) is 0.922. The maximum atomic E-state index is 8.42. The van der Waals surface area contributed by atoms with Crippen molar-refractivity contribution in [2.45, 2.75) is 6.61 Å². The highest BCUT2D eigenvalue weighted by Crippen LogP contribution is 2.02. The van der Waals surface area contributed by atoms with E-state index >= 15 is 0 Å². The molecule has 70 valence electrons. The maximum absolute atomic E-state index is 8.42. The monoisotopic (exact) mass is 181 g/mol. The van der Waals surface area contributed by atoms with E-state index in [1.165, 1.54) is 0 Å². The minimum absolute atomic E-state index is 0.0692. The first-order valence-electron chi connectivity index (χ1n) is 3.69. The van der Waals surface area contributed by atoms with Gasteiger partial charge in [-0.25, -0.2) is 0 Å². The van der Waals surface area contributed by atoms with Crippen LogP contribution < -0.4 is 5.73 Å². The number of methoxy groups -OCH3 is 1. The van der Waals surface area contributed by atoms with Crippen LogP contribution in [0.5, 0.6) is 0 Å². The van der Waals surface area contributed by atoms with Crippen LogP contribution in [0.4, 0.5) is 0 Å². The van der Waals surface area contributed by atoms with E-state index in [4.69, 9.17) is 15.7 Å². The van der Waals surface area contributed by atoms with Gasteiger partial charge in [0.1, 0.15) is 0 Å². The molecule has 0 aliphatic heterocycles. The summed E-state index contributed by atoms with van der Waals surface area (Å²) in [5, 5.41) is 11.3. The van der Waals surface area contributed by atoms with Gasteiger partial charge in [0, 0.05) is 18.9 Å². The minimum Gasteiger partial charge on any atom is -0.409 e. The summed E-state index contributed by atoms with van der Waals surface area (Å²) in [6.45, 7) is 0.409. The zero-order valence-electron chi connectivity index (χ0n) is 7.27. The number of oxime groups is 1. The molecule has 0 atom stereocenters. The van der Waals surface area contributed by atoms with Crippen LogP contribution in [0.3, 0.4) is 0 Å². The van der Waals surface area contributed by atoms with Crippen molar-refractivity contribution in [1.82, 2.24) is 4.98 Å². The average molecular weight is 181 g/mol. The Bertz CT molecular complexity index is 312. The molecule has 0 unspecified atom stereocenters. The highest BCUT2D eigenvalue weighted by molar-refractivity contribution is 5.96. The van der Waals surface area contributed by atoms with E-state index in [0.29, 0.717) is 12.2 Å². The summed E-state index contributed by atoms with van der Waals surface area (Å²) in [5.41, 5.74) is 6.76. The van der Waals surface area contributed by atoms with E-state index in [9.17, 15) is 0 Å². The third-order valence-corrected chi connectivity index (χ3v) is 1.51. The standard InChI is InChI=1S/C8H11N3O2/c1-13-5-7-4-6(2-3-10-7)8(9)11-12/h2-4,12H,5H2,1H3,(H2,9,11). The second-order valence-electron chi connectivity index (χ2n) is 2.45. The van der Waals surface area contributed by atoms with Crippen molar-refractivity contribution in [2.24, 2.45) is 10.9 Å². The molecule has 1 heterocycles. The Labute approximate surface area is 75.8 Å². The van der Waals surface area contributed by atoms with Crippen LogP contribution >= 0.6 is 0 Å². The minimum atomic E-state index is 0.0692. The number of hydrogen-bond acceptors (Lipinski definition) is 4.